The molecule has 1 atom stereocenters. The Balaban J connectivity index is 2.66. The lowest BCUT2D eigenvalue weighted by Gasteiger charge is -2.11. The van der Waals surface area contributed by atoms with E-state index in [1.54, 1.807) is 4.72 Å². The van der Waals surface area contributed by atoms with Gasteiger partial charge in [-0.2, -0.15) is 5.23 Å². The Morgan fingerprint density at radius 1 is 1.40 bits per heavy atom. The van der Waals surface area contributed by atoms with Crippen LogP contribution >= 0.6 is 0 Å². The van der Waals surface area contributed by atoms with Crippen LogP contribution in [-0.2, 0) is 10.0 Å². The van der Waals surface area contributed by atoms with Crippen molar-refractivity contribution in [2.45, 2.75) is 4.90 Å². The molecule has 0 saturated heterocycles. The molecular formula is C7H6N2O5S. The van der Waals surface area contributed by atoms with Crippen LogP contribution in [0.2, 0.25) is 0 Å². The van der Waals surface area contributed by atoms with Crippen LogP contribution in [0.3, 0.4) is 0 Å². The highest BCUT2D eigenvalue weighted by Crippen LogP contribution is 2.23. The van der Waals surface area contributed by atoms with Gasteiger partial charge in [0, 0.05) is 12.1 Å². The van der Waals surface area contributed by atoms with Gasteiger partial charge in [0.15, 0.2) is 5.69 Å². The van der Waals surface area contributed by atoms with Crippen LogP contribution in [0, 0.1) is 5.21 Å². The zero-order valence-electron chi connectivity index (χ0n) is 7.22. The summed E-state index contributed by atoms with van der Waals surface area (Å²) in [6.07, 6.45) is 0. The van der Waals surface area contributed by atoms with E-state index in [-0.39, 0.29) is 16.1 Å². The summed E-state index contributed by atoms with van der Waals surface area (Å²) in [5.74, 6) is -0.798. The third kappa shape index (κ3) is 1.49. The van der Waals surface area contributed by atoms with Crippen molar-refractivity contribution in [3.8, 4) is 0 Å². The molecule has 1 aliphatic heterocycles. The molecule has 2 rings (SSSR count). The predicted molar refractivity (Wildman–Crippen MR) is 46.9 cm³/mol. The van der Waals surface area contributed by atoms with Crippen molar-refractivity contribution in [3.05, 3.63) is 29.0 Å². The standard InChI is InChI=1S/C7H6N2O5S/c10-7-5-3-4(9(11)12)1-2-6(5)15(13,14)8-7/h1-3,9,11H,(H,8,10). The SMILES string of the molecule is O=C1NS(=O)(=O)c2ccc([NH+]([O-])O)cc21. The summed E-state index contributed by atoms with van der Waals surface area (Å²) in [5.41, 5.74) is -0.254. The quantitative estimate of drug-likeness (QED) is 0.509. The van der Waals surface area contributed by atoms with Gasteiger partial charge >= 0.3 is 0 Å². The van der Waals surface area contributed by atoms with Crippen LogP contribution in [0.1, 0.15) is 10.4 Å². The number of nitrogens with one attached hydrogen (secondary N) is 2. The van der Waals surface area contributed by atoms with Gasteiger partial charge in [-0.15, -0.1) is 0 Å². The number of amides is 1. The van der Waals surface area contributed by atoms with Crippen LogP contribution in [0.15, 0.2) is 23.1 Å². The molecule has 0 radical (unpaired) electrons. The zero-order valence-corrected chi connectivity index (χ0v) is 8.04. The van der Waals surface area contributed by atoms with E-state index in [0.29, 0.717) is 0 Å². The van der Waals surface area contributed by atoms with Crippen molar-refractivity contribution >= 4 is 21.6 Å². The minimum Gasteiger partial charge on any atom is -0.595 e. The summed E-state index contributed by atoms with van der Waals surface area (Å²) in [6.45, 7) is 0. The van der Waals surface area contributed by atoms with Gasteiger partial charge in [-0.1, -0.05) is 0 Å². The maximum absolute atomic E-state index is 11.3. The lowest BCUT2D eigenvalue weighted by atomic mass is 10.2. The molecule has 1 aromatic carbocycles. The molecule has 0 aliphatic carbocycles. The van der Waals surface area contributed by atoms with Gasteiger partial charge in [-0.3, -0.25) is 4.79 Å². The van der Waals surface area contributed by atoms with Crippen molar-refractivity contribution in [1.82, 2.24) is 4.72 Å². The fourth-order valence-corrected chi connectivity index (χ4v) is 2.46. The Morgan fingerprint density at radius 3 is 2.67 bits per heavy atom. The van der Waals surface area contributed by atoms with Crippen LogP contribution in [0.25, 0.3) is 0 Å². The van der Waals surface area contributed by atoms with Crippen molar-refractivity contribution in [1.29, 1.82) is 0 Å². The van der Waals surface area contributed by atoms with Crippen LogP contribution < -0.4 is 9.95 Å². The lowest BCUT2D eigenvalue weighted by molar-refractivity contribution is -0.991. The number of hydrogen-bond acceptors (Lipinski definition) is 5. The molecule has 15 heavy (non-hydrogen) atoms. The van der Waals surface area contributed by atoms with Crippen molar-refractivity contribution in [2.24, 2.45) is 0 Å². The fourth-order valence-electron chi connectivity index (χ4n) is 1.31. The van der Waals surface area contributed by atoms with E-state index >= 15 is 0 Å². The fraction of sp³-hybridized carbons (Fsp3) is 0. The van der Waals surface area contributed by atoms with E-state index in [1.165, 1.54) is 0 Å². The highest BCUT2D eigenvalue weighted by molar-refractivity contribution is 7.90. The molecule has 80 valence electrons. The summed E-state index contributed by atoms with van der Waals surface area (Å²) in [5, 5.41) is 18.0. The monoisotopic (exact) mass is 230 g/mol. The largest absolute Gasteiger partial charge is 0.595 e. The predicted octanol–water partition coefficient (Wildman–Crippen LogP) is -1.48. The highest BCUT2D eigenvalue weighted by Gasteiger charge is 2.33. The molecule has 1 heterocycles. The Labute approximate surface area is 84.5 Å². The summed E-state index contributed by atoms with van der Waals surface area (Å²) in [7, 11) is -3.79. The first-order valence-electron chi connectivity index (χ1n) is 3.86. The third-order valence-corrected chi connectivity index (χ3v) is 3.38. The first-order chi connectivity index (χ1) is 6.92. The minimum absolute atomic E-state index is 0.124. The van der Waals surface area contributed by atoms with E-state index in [0.717, 1.165) is 18.2 Å². The Hall–Kier alpha value is -1.48. The first kappa shape index (κ1) is 10.1. The molecule has 0 saturated carbocycles. The molecule has 1 amide bonds. The number of rotatable bonds is 1. The molecule has 1 aromatic rings. The maximum Gasteiger partial charge on any atom is 0.266 e. The van der Waals surface area contributed by atoms with Crippen molar-refractivity contribution in [3.63, 3.8) is 0 Å². The minimum atomic E-state index is -3.79. The molecule has 3 N–H and O–H groups in total. The smallest absolute Gasteiger partial charge is 0.266 e. The van der Waals surface area contributed by atoms with Gasteiger partial charge in [0.1, 0.15) is 4.90 Å². The summed E-state index contributed by atoms with van der Waals surface area (Å²) >= 11 is 0. The van der Waals surface area contributed by atoms with E-state index < -0.39 is 21.2 Å². The molecule has 0 fully saturated rings. The van der Waals surface area contributed by atoms with E-state index in [2.05, 4.69) is 0 Å². The molecular weight excluding hydrogens is 224 g/mol. The molecule has 0 aromatic heterocycles. The van der Waals surface area contributed by atoms with Gasteiger partial charge in [-0.05, 0) is 6.07 Å². The van der Waals surface area contributed by atoms with Crippen LogP contribution in [0.5, 0.6) is 0 Å². The first-order valence-corrected chi connectivity index (χ1v) is 5.34. The van der Waals surface area contributed by atoms with Gasteiger partial charge in [0.2, 0.25) is 0 Å². The number of benzene rings is 1. The number of sulfonamides is 1. The van der Waals surface area contributed by atoms with Gasteiger partial charge in [-0.25, -0.2) is 18.3 Å². The average Bonchev–Trinajstić information content (AvgIpc) is 2.37. The molecule has 0 spiro atoms. The highest BCUT2D eigenvalue weighted by atomic mass is 32.2. The normalized spacial score (nSPS) is 19.5. The molecule has 8 heteroatoms. The number of carbonyl (C=O) groups excluding carboxylic acids is 1. The molecule has 7 nitrogen and oxygen atoms in total. The number of quaternary nitrogens is 1. The average molecular weight is 230 g/mol. The second-order valence-electron chi connectivity index (χ2n) is 2.95. The Morgan fingerprint density at radius 2 is 2.07 bits per heavy atom. The number of hydrogen-bond donors (Lipinski definition) is 3. The topological polar surface area (TPSA) is 111 Å². The van der Waals surface area contributed by atoms with Crippen molar-refractivity contribution in [2.75, 3.05) is 0 Å². The zero-order chi connectivity index (χ0) is 11.2. The van der Waals surface area contributed by atoms with Gasteiger partial charge in [0.05, 0.1) is 5.56 Å². The van der Waals surface area contributed by atoms with Gasteiger partial charge in [0.25, 0.3) is 15.9 Å². The van der Waals surface area contributed by atoms with Crippen molar-refractivity contribution < 1.29 is 23.6 Å². The number of fused-ring (bicyclic) bond motifs is 1. The Bertz CT molecular complexity index is 536. The summed E-state index contributed by atoms with van der Waals surface area (Å²) in [6, 6.07) is 3.28. The summed E-state index contributed by atoms with van der Waals surface area (Å²) in [4.78, 5) is 11.0. The van der Waals surface area contributed by atoms with E-state index in [9.17, 15) is 18.4 Å². The lowest BCUT2D eigenvalue weighted by Crippen LogP contribution is -2.99. The molecule has 0 bridgehead atoms. The van der Waals surface area contributed by atoms with E-state index in [4.69, 9.17) is 5.21 Å². The maximum atomic E-state index is 11.3. The Kier molecular flexibility index (Phi) is 2.01. The number of carbonyl (C=O) groups is 1. The summed E-state index contributed by atoms with van der Waals surface area (Å²) < 4.78 is 24.3. The molecule has 1 aliphatic rings. The van der Waals surface area contributed by atoms with Crippen LogP contribution in [0.4, 0.5) is 5.69 Å². The second-order valence-corrected chi connectivity index (χ2v) is 4.60. The molecule has 1 unspecified atom stereocenters. The second kappa shape index (κ2) is 3.00. The third-order valence-electron chi connectivity index (χ3n) is 1.99. The van der Waals surface area contributed by atoms with Gasteiger partial charge < -0.3 is 5.21 Å². The van der Waals surface area contributed by atoms with Crippen LogP contribution in [-0.4, -0.2) is 19.5 Å². The van der Waals surface area contributed by atoms with E-state index in [1.807, 2.05) is 0 Å².